The number of ether oxygens (including phenoxy) is 1. The zero-order valence-electron chi connectivity index (χ0n) is 17.8. The van der Waals surface area contributed by atoms with Crippen molar-refractivity contribution >= 4 is 68.7 Å². The van der Waals surface area contributed by atoms with Crippen molar-refractivity contribution in [3.05, 3.63) is 97.4 Å². The van der Waals surface area contributed by atoms with Gasteiger partial charge in [-0.3, -0.25) is 14.9 Å². The predicted molar refractivity (Wildman–Crippen MR) is 135 cm³/mol. The first-order valence-corrected chi connectivity index (χ1v) is 11.6. The molecule has 1 aliphatic rings. The Morgan fingerprint density at radius 3 is 2.38 bits per heavy atom. The van der Waals surface area contributed by atoms with Crippen molar-refractivity contribution in [1.29, 1.82) is 0 Å². The smallest absolute Gasteiger partial charge is 0.335 e. The second-order valence-corrected chi connectivity index (χ2v) is 9.16. The van der Waals surface area contributed by atoms with Crippen LogP contribution in [0.25, 0.3) is 6.08 Å². The van der Waals surface area contributed by atoms with E-state index in [4.69, 9.17) is 27.9 Å². The van der Waals surface area contributed by atoms with Crippen molar-refractivity contribution in [3.63, 3.8) is 0 Å². The number of hydrogen-bond acceptors (Lipinski definition) is 4. The van der Waals surface area contributed by atoms with Crippen LogP contribution in [0.4, 0.5) is 10.5 Å². The minimum absolute atomic E-state index is 0.201. The molecular formula is C25H17BrCl2N2O4. The highest BCUT2D eigenvalue weighted by Crippen LogP contribution is 2.36. The number of nitrogens with zero attached hydrogens (tertiary/aromatic N) is 1. The summed E-state index contributed by atoms with van der Waals surface area (Å²) in [4.78, 5) is 38.8. The summed E-state index contributed by atoms with van der Waals surface area (Å²) in [5.74, 6) is -1.13. The number of benzene rings is 3. The lowest BCUT2D eigenvalue weighted by Crippen LogP contribution is -2.54. The summed E-state index contributed by atoms with van der Waals surface area (Å²) in [6.07, 6.45) is 1.37. The highest BCUT2D eigenvalue weighted by Gasteiger charge is 2.36. The standard InChI is InChI=1S/C25H17BrCl2N2O4/c1-14-6-8-17(9-7-14)30-24(32)18(23(31)29-25(30)33)10-15-11-19(26)22(21(28)12-15)34-13-16-4-2-3-5-20(16)27/h2-12H,13H2,1H3,(H,29,31,33)/b18-10+. The van der Waals surface area contributed by atoms with Gasteiger partial charge in [-0.2, -0.15) is 0 Å². The molecule has 0 aliphatic carbocycles. The van der Waals surface area contributed by atoms with Gasteiger partial charge in [-0.15, -0.1) is 0 Å². The molecule has 4 amide bonds. The van der Waals surface area contributed by atoms with Crippen molar-refractivity contribution in [2.75, 3.05) is 4.90 Å². The molecule has 34 heavy (non-hydrogen) atoms. The van der Waals surface area contributed by atoms with Crippen LogP contribution in [0.3, 0.4) is 0 Å². The molecule has 3 aromatic rings. The third kappa shape index (κ3) is 5.01. The van der Waals surface area contributed by atoms with Gasteiger partial charge >= 0.3 is 6.03 Å². The molecule has 4 rings (SSSR count). The second-order valence-electron chi connectivity index (χ2n) is 7.49. The Labute approximate surface area is 214 Å². The van der Waals surface area contributed by atoms with Crippen LogP contribution < -0.4 is 15.0 Å². The molecule has 0 saturated carbocycles. The lowest BCUT2D eigenvalue weighted by atomic mass is 10.1. The van der Waals surface area contributed by atoms with E-state index in [-0.39, 0.29) is 17.2 Å². The van der Waals surface area contributed by atoms with Gasteiger partial charge in [0.2, 0.25) is 0 Å². The van der Waals surface area contributed by atoms with Crippen molar-refractivity contribution in [2.45, 2.75) is 13.5 Å². The van der Waals surface area contributed by atoms with E-state index in [1.54, 1.807) is 42.5 Å². The highest BCUT2D eigenvalue weighted by molar-refractivity contribution is 9.10. The van der Waals surface area contributed by atoms with Gasteiger partial charge in [-0.1, -0.05) is 59.1 Å². The maximum atomic E-state index is 13.1. The van der Waals surface area contributed by atoms with Gasteiger partial charge in [0.05, 0.1) is 15.2 Å². The van der Waals surface area contributed by atoms with Gasteiger partial charge in [0, 0.05) is 10.6 Å². The molecule has 1 fully saturated rings. The monoisotopic (exact) mass is 558 g/mol. The van der Waals surface area contributed by atoms with Crippen molar-refractivity contribution < 1.29 is 19.1 Å². The number of imide groups is 2. The lowest BCUT2D eigenvalue weighted by Gasteiger charge is -2.26. The summed E-state index contributed by atoms with van der Waals surface area (Å²) < 4.78 is 6.36. The number of hydrogen-bond donors (Lipinski definition) is 1. The van der Waals surface area contributed by atoms with Gasteiger partial charge in [0.1, 0.15) is 12.2 Å². The van der Waals surface area contributed by atoms with E-state index in [0.29, 0.717) is 26.5 Å². The third-order valence-electron chi connectivity index (χ3n) is 5.06. The lowest BCUT2D eigenvalue weighted by molar-refractivity contribution is -0.122. The van der Waals surface area contributed by atoms with Crippen molar-refractivity contribution in [1.82, 2.24) is 5.32 Å². The van der Waals surface area contributed by atoms with Gasteiger partial charge in [-0.05, 0) is 64.8 Å². The Bertz CT molecular complexity index is 1320. The summed E-state index contributed by atoms with van der Waals surface area (Å²) in [6, 6.07) is 16.5. The summed E-state index contributed by atoms with van der Waals surface area (Å²) in [5, 5.41) is 3.05. The molecule has 0 unspecified atom stereocenters. The van der Waals surface area contributed by atoms with Crippen LogP contribution in [0.15, 0.2) is 70.7 Å². The van der Waals surface area contributed by atoms with Crippen LogP contribution in [0, 0.1) is 6.92 Å². The zero-order chi connectivity index (χ0) is 24.4. The number of carbonyl (C=O) groups excluding carboxylic acids is 3. The Morgan fingerprint density at radius 2 is 1.71 bits per heavy atom. The Hall–Kier alpha value is -3.13. The van der Waals surface area contributed by atoms with Crippen molar-refractivity contribution in [3.8, 4) is 5.75 Å². The summed E-state index contributed by atoms with van der Waals surface area (Å²) >= 11 is 16.0. The van der Waals surface area contributed by atoms with Crippen LogP contribution in [0.2, 0.25) is 10.0 Å². The average molecular weight is 560 g/mol. The largest absolute Gasteiger partial charge is 0.486 e. The Morgan fingerprint density at radius 1 is 1.00 bits per heavy atom. The SMILES string of the molecule is Cc1ccc(N2C(=O)NC(=O)/C(=C\c3cc(Cl)c(OCc4ccccc4Cl)c(Br)c3)C2=O)cc1. The molecule has 6 nitrogen and oxygen atoms in total. The van der Waals surface area contributed by atoms with E-state index >= 15 is 0 Å². The van der Waals surface area contributed by atoms with E-state index < -0.39 is 17.8 Å². The number of carbonyl (C=O) groups is 3. The van der Waals surface area contributed by atoms with Crippen LogP contribution >= 0.6 is 39.1 Å². The molecule has 1 N–H and O–H groups in total. The van der Waals surface area contributed by atoms with E-state index in [1.165, 1.54) is 6.08 Å². The Kier molecular flexibility index (Phi) is 7.07. The summed E-state index contributed by atoms with van der Waals surface area (Å²) in [7, 11) is 0. The van der Waals surface area contributed by atoms with Crippen LogP contribution in [-0.2, 0) is 16.2 Å². The average Bonchev–Trinajstić information content (AvgIpc) is 2.78. The molecule has 1 heterocycles. The van der Waals surface area contributed by atoms with Crippen LogP contribution in [0.5, 0.6) is 5.75 Å². The number of nitrogens with one attached hydrogen (secondary N) is 1. The maximum Gasteiger partial charge on any atom is 0.335 e. The topological polar surface area (TPSA) is 75.7 Å². The first kappa shape index (κ1) is 24.0. The molecule has 3 aromatic carbocycles. The first-order valence-electron chi connectivity index (χ1n) is 10.1. The van der Waals surface area contributed by atoms with E-state index in [2.05, 4.69) is 21.2 Å². The Balaban J connectivity index is 1.61. The number of aryl methyl sites for hydroxylation is 1. The number of amides is 4. The second kappa shape index (κ2) is 10.0. The number of anilines is 1. The number of urea groups is 1. The van der Waals surface area contributed by atoms with Crippen LogP contribution in [-0.4, -0.2) is 17.8 Å². The number of rotatable bonds is 5. The fourth-order valence-corrected chi connectivity index (χ4v) is 4.50. The fraction of sp³-hybridized carbons (Fsp3) is 0.0800. The molecule has 9 heteroatoms. The van der Waals surface area contributed by atoms with Gasteiger partial charge in [0.25, 0.3) is 11.8 Å². The van der Waals surface area contributed by atoms with E-state index in [9.17, 15) is 14.4 Å². The fourth-order valence-electron chi connectivity index (χ4n) is 3.32. The van der Waals surface area contributed by atoms with Gasteiger partial charge in [-0.25, -0.2) is 9.69 Å². The van der Waals surface area contributed by atoms with E-state index in [1.807, 2.05) is 25.1 Å². The van der Waals surface area contributed by atoms with Gasteiger partial charge in [0.15, 0.2) is 5.75 Å². The maximum absolute atomic E-state index is 13.1. The highest BCUT2D eigenvalue weighted by atomic mass is 79.9. The minimum atomic E-state index is -0.807. The normalized spacial score (nSPS) is 15.0. The molecule has 0 radical (unpaired) electrons. The third-order valence-corrected chi connectivity index (χ3v) is 6.29. The molecular weight excluding hydrogens is 543 g/mol. The molecule has 0 spiro atoms. The molecule has 172 valence electrons. The number of barbiturate groups is 1. The van der Waals surface area contributed by atoms with Gasteiger partial charge < -0.3 is 4.74 Å². The molecule has 1 saturated heterocycles. The zero-order valence-corrected chi connectivity index (χ0v) is 20.9. The molecule has 0 atom stereocenters. The molecule has 1 aliphatic heterocycles. The van der Waals surface area contributed by atoms with E-state index in [0.717, 1.165) is 16.0 Å². The van der Waals surface area contributed by atoms with Crippen molar-refractivity contribution in [2.24, 2.45) is 0 Å². The van der Waals surface area contributed by atoms with Crippen LogP contribution in [0.1, 0.15) is 16.7 Å². The summed E-state index contributed by atoms with van der Waals surface area (Å²) in [6.45, 7) is 2.09. The molecule has 0 aromatic heterocycles. The predicted octanol–water partition coefficient (Wildman–Crippen LogP) is 6.31. The first-order chi connectivity index (χ1) is 16.2. The molecule has 0 bridgehead atoms. The quantitative estimate of drug-likeness (QED) is 0.293. The minimum Gasteiger partial charge on any atom is -0.486 e. The summed E-state index contributed by atoms with van der Waals surface area (Å²) in [5.41, 5.74) is 2.39. The number of halogens is 3.